The molecular formula is C15H22O3S. The van der Waals surface area contributed by atoms with E-state index in [0.717, 1.165) is 5.56 Å². The van der Waals surface area contributed by atoms with Crippen molar-refractivity contribution in [2.24, 2.45) is 0 Å². The van der Waals surface area contributed by atoms with Crippen LogP contribution in [0.3, 0.4) is 0 Å². The Morgan fingerprint density at radius 3 is 1.79 bits per heavy atom. The third kappa shape index (κ3) is 3.51. The van der Waals surface area contributed by atoms with Crippen LogP contribution in [0.5, 0.6) is 0 Å². The van der Waals surface area contributed by atoms with Crippen LogP contribution in [0.2, 0.25) is 0 Å². The number of hydrogen-bond donors (Lipinski definition) is 0. The fraction of sp³-hybridized carbons (Fsp3) is 0.533. The van der Waals surface area contributed by atoms with Crippen LogP contribution in [0.25, 0.3) is 0 Å². The molecule has 0 bridgehead atoms. The molecule has 0 saturated carbocycles. The zero-order chi connectivity index (χ0) is 15.0. The van der Waals surface area contributed by atoms with Gasteiger partial charge in [-0.3, -0.25) is 0 Å². The van der Waals surface area contributed by atoms with E-state index in [1.165, 1.54) is 0 Å². The van der Waals surface area contributed by atoms with Crippen molar-refractivity contribution < 1.29 is 13.0 Å². The van der Waals surface area contributed by atoms with Crippen molar-refractivity contribution in [3.63, 3.8) is 0 Å². The molecule has 1 aromatic rings. The van der Waals surface area contributed by atoms with Crippen LogP contribution >= 0.6 is 0 Å². The van der Waals surface area contributed by atoms with E-state index in [-0.39, 0.29) is 22.6 Å². The van der Waals surface area contributed by atoms with Gasteiger partial charge in [0.15, 0.2) is 0 Å². The second-order valence-electron chi connectivity index (χ2n) is 5.69. The fourth-order valence-electron chi connectivity index (χ4n) is 2.12. The lowest BCUT2D eigenvalue weighted by atomic mass is 9.89. The molecule has 106 valence electrons. The first-order valence-electron chi connectivity index (χ1n) is 6.52. The van der Waals surface area contributed by atoms with Crippen LogP contribution in [-0.2, 0) is 10.1 Å². The zero-order valence-electron chi connectivity index (χ0n) is 12.2. The summed E-state index contributed by atoms with van der Waals surface area (Å²) in [5.41, 5.74) is 2.18. The molecule has 0 spiro atoms. The minimum absolute atomic E-state index is 0.0186. The highest BCUT2D eigenvalue weighted by atomic mass is 32.2. The summed E-state index contributed by atoms with van der Waals surface area (Å²) < 4.78 is 34.7. The number of benzene rings is 1. The van der Waals surface area contributed by atoms with Crippen molar-refractivity contribution in [1.29, 1.82) is 0 Å². The average Bonchev–Trinajstić information content (AvgIpc) is 2.25. The molecule has 0 fully saturated rings. The SMILES string of the molecule is [CH2+]C(C)c1cc(C(C)C)cc(C(C)C)c1S(=O)(=O)[O-]. The number of hydrogen-bond acceptors (Lipinski definition) is 3. The van der Waals surface area contributed by atoms with Gasteiger partial charge in [-0.2, -0.15) is 0 Å². The summed E-state index contributed by atoms with van der Waals surface area (Å²) in [5.74, 6) is 0.0169. The van der Waals surface area contributed by atoms with Gasteiger partial charge in [0.25, 0.3) is 0 Å². The lowest BCUT2D eigenvalue weighted by Crippen LogP contribution is -2.11. The molecule has 0 aromatic heterocycles. The van der Waals surface area contributed by atoms with E-state index < -0.39 is 10.1 Å². The summed E-state index contributed by atoms with van der Waals surface area (Å²) in [6, 6.07) is 3.64. The van der Waals surface area contributed by atoms with Gasteiger partial charge >= 0.3 is 0 Å². The van der Waals surface area contributed by atoms with Gasteiger partial charge in [-0.1, -0.05) is 33.8 Å². The Morgan fingerprint density at radius 2 is 1.47 bits per heavy atom. The van der Waals surface area contributed by atoms with Crippen molar-refractivity contribution in [2.45, 2.75) is 57.3 Å². The van der Waals surface area contributed by atoms with Gasteiger partial charge in [0.1, 0.15) is 16.0 Å². The standard InChI is InChI=1S/C15H22O3S/c1-9(2)12-7-13(10(3)4)15(19(16,17)18)14(8-12)11(5)6/h7-11H,3H2,1-2,4-6H3. The topological polar surface area (TPSA) is 57.2 Å². The second kappa shape index (κ2) is 5.55. The Kier molecular flexibility index (Phi) is 4.69. The van der Waals surface area contributed by atoms with Crippen molar-refractivity contribution >= 4 is 10.1 Å². The van der Waals surface area contributed by atoms with Crippen LogP contribution in [-0.4, -0.2) is 13.0 Å². The average molecular weight is 282 g/mol. The van der Waals surface area contributed by atoms with Gasteiger partial charge in [0.2, 0.25) is 0 Å². The minimum Gasteiger partial charge on any atom is -0.744 e. The summed E-state index contributed by atoms with van der Waals surface area (Å²) in [6.07, 6.45) is 0. The Labute approximate surface area is 116 Å². The van der Waals surface area contributed by atoms with Gasteiger partial charge < -0.3 is 4.55 Å². The summed E-state index contributed by atoms with van der Waals surface area (Å²) in [4.78, 5) is -0.0746. The zero-order valence-corrected chi connectivity index (χ0v) is 13.0. The minimum atomic E-state index is -4.49. The highest BCUT2D eigenvalue weighted by molar-refractivity contribution is 7.85. The Balaban J connectivity index is 3.77. The molecule has 3 nitrogen and oxygen atoms in total. The Bertz CT molecular complexity index is 526. The van der Waals surface area contributed by atoms with E-state index in [4.69, 9.17) is 0 Å². The summed E-state index contributed by atoms with van der Waals surface area (Å²) in [7, 11) is -4.49. The molecule has 0 aliphatic heterocycles. The van der Waals surface area contributed by atoms with Gasteiger partial charge in [-0.15, -0.1) is 0 Å². The predicted molar refractivity (Wildman–Crippen MR) is 76.4 cm³/mol. The van der Waals surface area contributed by atoms with E-state index in [1.807, 2.05) is 33.8 Å². The summed E-state index contributed by atoms with van der Waals surface area (Å²) >= 11 is 0. The summed E-state index contributed by atoms with van der Waals surface area (Å²) in [5, 5.41) is 0. The lowest BCUT2D eigenvalue weighted by molar-refractivity contribution is 0.459. The predicted octanol–water partition coefficient (Wildman–Crippen LogP) is 3.78. The number of rotatable bonds is 4. The van der Waals surface area contributed by atoms with E-state index in [9.17, 15) is 13.0 Å². The molecule has 1 aromatic carbocycles. The monoisotopic (exact) mass is 282 g/mol. The van der Waals surface area contributed by atoms with Gasteiger partial charge in [0.05, 0.1) is 11.8 Å². The maximum atomic E-state index is 11.6. The molecule has 4 heteroatoms. The smallest absolute Gasteiger partial charge is 0.125 e. The Morgan fingerprint density at radius 1 is 1.00 bits per heavy atom. The molecule has 1 unspecified atom stereocenters. The van der Waals surface area contributed by atoms with Crippen molar-refractivity contribution in [1.82, 2.24) is 0 Å². The van der Waals surface area contributed by atoms with Gasteiger partial charge in [-0.25, -0.2) is 8.42 Å². The summed E-state index contributed by atoms with van der Waals surface area (Å²) in [6.45, 7) is 13.6. The normalized spacial score (nSPS) is 14.1. The maximum absolute atomic E-state index is 11.6. The van der Waals surface area contributed by atoms with E-state index in [1.54, 1.807) is 13.0 Å². The van der Waals surface area contributed by atoms with E-state index in [0.29, 0.717) is 11.1 Å². The van der Waals surface area contributed by atoms with Crippen LogP contribution in [0.1, 0.15) is 69.1 Å². The van der Waals surface area contributed by atoms with Crippen LogP contribution in [0.4, 0.5) is 0 Å². The van der Waals surface area contributed by atoms with Gasteiger partial charge in [-0.05, 0) is 36.0 Å². The second-order valence-corrected chi connectivity index (χ2v) is 7.01. The molecule has 0 N–H and O–H groups in total. The molecule has 0 amide bonds. The highest BCUT2D eigenvalue weighted by Crippen LogP contribution is 2.34. The Hall–Kier alpha value is -1.00. The molecule has 1 atom stereocenters. The third-order valence-electron chi connectivity index (χ3n) is 3.24. The van der Waals surface area contributed by atoms with Crippen LogP contribution < -0.4 is 0 Å². The molecule has 0 radical (unpaired) electrons. The molecule has 0 heterocycles. The fourth-order valence-corrected chi connectivity index (χ4v) is 3.25. The first kappa shape index (κ1) is 16.1. The third-order valence-corrected chi connectivity index (χ3v) is 4.21. The van der Waals surface area contributed by atoms with Crippen LogP contribution in [0, 0.1) is 6.92 Å². The molecule has 0 aliphatic rings. The highest BCUT2D eigenvalue weighted by Gasteiger charge is 2.23. The molecule has 0 aliphatic carbocycles. The maximum Gasteiger partial charge on any atom is 0.125 e. The largest absolute Gasteiger partial charge is 0.744 e. The van der Waals surface area contributed by atoms with Gasteiger partial charge in [0, 0.05) is 5.56 Å². The first-order valence-corrected chi connectivity index (χ1v) is 7.93. The quantitative estimate of drug-likeness (QED) is 0.624. The van der Waals surface area contributed by atoms with E-state index >= 15 is 0 Å². The molecule has 1 rings (SSSR count). The molecular weight excluding hydrogens is 260 g/mol. The van der Waals surface area contributed by atoms with Crippen molar-refractivity contribution in [3.8, 4) is 0 Å². The first-order chi connectivity index (χ1) is 8.55. The van der Waals surface area contributed by atoms with Crippen molar-refractivity contribution in [2.75, 3.05) is 0 Å². The van der Waals surface area contributed by atoms with Crippen LogP contribution in [0.15, 0.2) is 17.0 Å². The van der Waals surface area contributed by atoms with Crippen molar-refractivity contribution in [3.05, 3.63) is 35.7 Å². The van der Waals surface area contributed by atoms with E-state index in [2.05, 4.69) is 6.92 Å². The molecule has 19 heavy (non-hydrogen) atoms. The molecule has 0 saturated heterocycles. The lowest BCUT2D eigenvalue weighted by Gasteiger charge is -2.22.